The van der Waals surface area contributed by atoms with E-state index in [1.54, 1.807) is 41.4 Å². The Balaban J connectivity index is 1.32. The molecule has 0 spiro atoms. The van der Waals surface area contributed by atoms with Crippen LogP contribution in [0.15, 0.2) is 42.9 Å². The predicted octanol–water partition coefficient (Wildman–Crippen LogP) is 3.01. The number of piperidine rings is 1. The molecular formula is C22H24F2N6O2. The number of anilines is 1. The van der Waals surface area contributed by atoms with Gasteiger partial charge in [-0.1, -0.05) is 0 Å². The summed E-state index contributed by atoms with van der Waals surface area (Å²) in [5.41, 5.74) is 1.79. The summed E-state index contributed by atoms with van der Waals surface area (Å²) in [5.74, 6) is -1.50. The van der Waals surface area contributed by atoms with Crippen LogP contribution in [0.4, 0.5) is 14.6 Å². The summed E-state index contributed by atoms with van der Waals surface area (Å²) in [7, 11) is 3.40. The maximum Gasteiger partial charge on any atom is 0.264 e. The van der Waals surface area contributed by atoms with Crippen molar-refractivity contribution in [1.29, 1.82) is 0 Å². The van der Waals surface area contributed by atoms with Crippen molar-refractivity contribution in [1.82, 2.24) is 25.1 Å². The van der Waals surface area contributed by atoms with Crippen molar-refractivity contribution in [3.63, 3.8) is 0 Å². The lowest BCUT2D eigenvalue weighted by molar-refractivity contribution is -0.0128. The number of aromatic hydroxyl groups is 1. The van der Waals surface area contributed by atoms with Gasteiger partial charge >= 0.3 is 0 Å². The summed E-state index contributed by atoms with van der Waals surface area (Å²) >= 11 is 0. The number of phenolic OH excluding ortho intramolecular Hbond substituents is 1. The molecule has 4 heterocycles. The van der Waals surface area contributed by atoms with Gasteiger partial charge in [0, 0.05) is 37.2 Å². The second-order valence-corrected chi connectivity index (χ2v) is 8.42. The maximum absolute atomic E-state index is 14.0. The van der Waals surface area contributed by atoms with Crippen molar-refractivity contribution in [3.05, 3.63) is 42.9 Å². The first-order valence-electron chi connectivity index (χ1n) is 10.5. The lowest BCUT2D eigenvalue weighted by Gasteiger charge is -2.36. The topological polar surface area (TPSA) is 88.3 Å². The van der Waals surface area contributed by atoms with Gasteiger partial charge < -0.3 is 24.6 Å². The Morgan fingerprint density at radius 2 is 2.06 bits per heavy atom. The molecule has 0 aliphatic carbocycles. The first-order valence-corrected chi connectivity index (χ1v) is 10.5. The Bertz CT molecular complexity index is 1120. The number of hydrogen-bond donors (Lipinski definition) is 2. The number of benzene rings is 1. The number of halogens is 2. The van der Waals surface area contributed by atoms with E-state index >= 15 is 0 Å². The Kier molecular flexibility index (Phi) is 4.96. The third-order valence-electron chi connectivity index (χ3n) is 6.41. The summed E-state index contributed by atoms with van der Waals surface area (Å²) in [6, 6.07) is 7.81. The van der Waals surface area contributed by atoms with Gasteiger partial charge in [-0.05, 0) is 37.1 Å². The minimum absolute atomic E-state index is 0.0281. The van der Waals surface area contributed by atoms with Gasteiger partial charge in [0.1, 0.15) is 12.1 Å². The van der Waals surface area contributed by atoms with Crippen LogP contribution < -0.4 is 15.0 Å². The normalized spacial score (nSPS) is 23.8. The van der Waals surface area contributed by atoms with Crippen molar-refractivity contribution in [2.45, 2.75) is 43.3 Å². The molecule has 2 aliphatic heterocycles. The predicted molar refractivity (Wildman–Crippen MR) is 115 cm³/mol. The molecule has 2 saturated heterocycles. The average molecular weight is 442 g/mol. The summed E-state index contributed by atoms with van der Waals surface area (Å²) in [4.78, 5) is 6.02. The Labute approximate surface area is 183 Å². The van der Waals surface area contributed by atoms with E-state index in [1.807, 2.05) is 18.0 Å². The molecule has 0 amide bonds. The highest BCUT2D eigenvalue weighted by Crippen LogP contribution is 2.40. The van der Waals surface area contributed by atoms with Gasteiger partial charge in [0.05, 0.1) is 30.7 Å². The molecule has 10 heteroatoms. The molecule has 2 N–H and O–H groups in total. The van der Waals surface area contributed by atoms with Crippen LogP contribution in [-0.4, -0.2) is 63.1 Å². The fourth-order valence-electron chi connectivity index (χ4n) is 4.63. The maximum atomic E-state index is 14.0. The summed E-state index contributed by atoms with van der Waals surface area (Å²) in [5, 5.41) is 22.1. The standard InChI is InChI=1S/C22H24F2N6O2/c1-29(15-7-13-10-22(23,24)19(9-15)26-13)20-6-5-17(27-28-20)16-4-3-14(8-18(16)31)30-11-21(32-2)25-12-30/h3-6,8,11-13,15,19,26,31H,7,9-10H2,1-2H3/t13-,15+,19-/m1/s1. The largest absolute Gasteiger partial charge is 0.507 e. The molecular weight excluding hydrogens is 418 g/mol. The van der Waals surface area contributed by atoms with E-state index < -0.39 is 12.0 Å². The summed E-state index contributed by atoms with van der Waals surface area (Å²) in [6.07, 6.45) is 4.22. The van der Waals surface area contributed by atoms with Crippen LogP contribution in [-0.2, 0) is 0 Å². The number of alkyl halides is 2. The average Bonchev–Trinajstić information content (AvgIpc) is 3.35. The Morgan fingerprint density at radius 3 is 2.72 bits per heavy atom. The number of hydrogen-bond acceptors (Lipinski definition) is 7. The minimum Gasteiger partial charge on any atom is -0.507 e. The van der Waals surface area contributed by atoms with E-state index in [1.165, 1.54) is 7.11 Å². The first-order chi connectivity index (χ1) is 15.3. The van der Waals surface area contributed by atoms with Crippen molar-refractivity contribution >= 4 is 5.82 Å². The molecule has 32 heavy (non-hydrogen) atoms. The lowest BCUT2D eigenvalue weighted by Crippen LogP contribution is -2.49. The van der Waals surface area contributed by atoms with E-state index in [0.717, 1.165) is 5.69 Å². The van der Waals surface area contributed by atoms with Crippen LogP contribution >= 0.6 is 0 Å². The van der Waals surface area contributed by atoms with Crippen LogP contribution in [0.5, 0.6) is 11.6 Å². The fourth-order valence-corrected chi connectivity index (χ4v) is 4.63. The van der Waals surface area contributed by atoms with Crippen LogP contribution in [0, 0.1) is 0 Å². The molecule has 2 fully saturated rings. The molecule has 2 bridgehead atoms. The number of methoxy groups -OCH3 is 1. The monoisotopic (exact) mass is 442 g/mol. The van der Waals surface area contributed by atoms with E-state index in [0.29, 0.717) is 35.8 Å². The molecule has 0 unspecified atom stereocenters. The number of rotatable bonds is 5. The minimum atomic E-state index is -2.65. The lowest BCUT2D eigenvalue weighted by atomic mass is 9.98. The molecule has 3 atom stereocenters. The number of imidazole rings is 1. The van der Waals surface area contributed by atoms with E-state index in [2.05, 4.69) is 20.5 Å². The van der Waals surface area contributed by atoms with Gasteiger partial charge in [-0.25, -0.2) is 13.8 Å². The highest BCUT2D eigenvalue weighted by molar-refractivity contribution is 5.69. The highest BCUT2D eigenvalue weighted by Gasteiger charge is 2.53. The van der Waals surface area contributed by atoms with Crippen molar-refractivity contribution in [3.8, 4) is 28.6 Å². The second kappa shape index (κ2) is 7.70. The molecule has 0 saturated carbocycles. The number of aromatic nitrogens is 4. The third-order valence-corrected chi connectivity index (χ3v) is 6.41. The quantitative estimate of drug-likeness (QED) is 0.628. The van der Waals surface area contributed by atoms with Gasteiger partial charge in [-0.3, -0.25) is 0 Å². The number of fused-ring (bicyclic) bond motifs is 2. The second-order valence-electron chi connectivity index (χ2n) is 8.42. The molecule has 0 radical (unpaired) electrons. The number of nitrogens with zero attached hydrogens (tertiary/aromatic N) is 5. The highest BCUT2D eigenvalue weighted by atomic mass is 19.3. The van der Waals surface area contributed by atoms with Crippen molar-refractivity contribution < 1.29 is 18.6 Å². The van der Waals surface area contributed by atoms with E-state index in [4.69, 9.17) is 4.74 Å². The van der Waals surface area contributed by atoms with Crippen LogP contribution in [0.3, 0.4) is 0 Å². The van der Waals surface area contributed by atoms with Gasteiger partial charge in [0.2, 0.25) is 5.88 Å². The number of ether oxygens (including phenoxy) is 1. The van der Waals surface area contributed by atoms with Crippen molar-refractivity contribution in [2.24, 2.45) is 0 Å². The van der Waals surface area contributed by atoms with Crippen LogP contribution in [0.1, 0.15) is 19.3 Å². The summed E-state index contributed by atoms with van der Waals surface area (Å²) in [6.45, 7) is 0. The van der Waals surface area contributed by atoms with Crippen LogP contribution in [0.25, 0.3) is 16.9 Å². The SMILES string of the molecule is COc1cn(-c2ccc(-c3ccc(N(C)[C@H]4C[C@@H]5CC(F)(F)[C@@H](C4)N5)nn3)c(O)c2)cn1. The van der Waals surface area contributed by atoms with Crippen LogP contribution in [0.2, 0.25) is 0 Å². The first kappa shape index (κ1) is 20.6. The molecule has 8 nitrogen and oxygen atoms in total. The molecule has 1 aromatic carbocycles. The zero-order valence-corrected chi connectivity index (χ0v) is 17.7. The Morgan fingerprint density at radius 1 is 1.22 bits per heavy atom. The van der Waals surface area contributed by atoms with Gasteiger partial charge in [-0.2, -0.15) is 0 Å². The van der Waals surface area contributed by atoms with Crippen molar-refractivity contribution in [2.75, 3.05) is 19.1 Å². The fraction of sp³-hybridized carbons (Fsp3) is 0.409. The molecule has 3 aromatic rings. The Hall–Kier alpha value is -3.27. The zero-order valence-electron chi connectivity index (χ0n) is 17.7. The summed E-state index contributed by atoms with van der Waals surface area (Å²) < 4.78 is 34.9. The van der Waals surface area contributed by atoms with Gasteiger partial charge in [0.15, 0.2) is 5.82 Å². The third kappa shape index (κ3) is 3.64. The smallest absolute Gasteiger partial charge is 0.264 e. The van der Waals surface area contributed by atoms with E-state index in [9.17, 15) is 13.9 Å². The molecule has 5 rings (SSSR count). The van der Waals surface area contributed by atoms with Gasteiger partial charge in [-0.15, -0.1) is 10.2 Å². The van der Waals surface area contributed by atoms with Gasteiger partial charge in [0.25, 0.3) is 5.92 Å². The molecule has 168 valence electrons. The molecule has 2 aromatic heterocycles. The number of nitrogens with one attached hydrogen (secondary N) is 1. The zero-order chi connectivity index (χ0) is 22.5. The molecule has 2 aliphatic rings. The van der Waals surface area contributed by atoms with E-state index in [-0.39, 0.29) is 24.3 Å². The number of phenols is 1.